The highest BCUT2D eigenvalue weighted by atomic mass is 16.7. The fourth-order valence-corrected chi connectivity index (χ4v) is 2.63. The van der Waals surface area contributed by atoms with Crippen molar-refractivity contribution >= 4 is 17.9 Å². The predicted molar refractivity (Wildman–Crippen MR) is 166 cm³/mol. The first kappa shape index (κ1) is 41.8. The van der Waals surface area contributed by atoms with Crippen molar-refractivity contribution in [1.29, 1.82) is 0 Å². The molecule has 11 heteroatoms. The molecule has 0 radical (unpaired) electrons. The molecule has 0 aromatic heterocycles. The molecule has 43 heavy (non-hydrogen) atoms. The van der Waals surface area contributed by atoms with Crippen LogP contribution in [-0.4, -0.2) is 106 Å². The Morgan fingerprint density at radius 2 is 1.51 bits per heavy atom. The maximum absolute atomic E-state index is 11.2. The monoisotopic (exact) mass is 609 g/mol. The van der Waals surface area contributed by atoms with E-state index in [9.17, 15) is 14.4 Å². The van der Waals surface area contributed by atoms with Gasteiger partial charge in [-0.25, -0.2) is 14.4 Å². The van der Waals surface area contributed by atoms with Gasteiger partial charge in [0.15, 0.2) is 6.29 Å². The number of hydrogen-bond donors (Lipinski definition) is 2. The third kappa shape index (κ3) is 27.2. The number of carboxylic acid groups (broad SMARTS) is 1. The third-order valence-corrected chi connectivity index (χ3v) is 5.00. The summed E-state index contributed by atoms with van der Waals surface area (Å²) in [5.41, 5.74) is 2.43. The first-order valence-corrected chi connectivity index (χ1v) is 14.0. The highest BCUT2D eigenvalue weighted by molar-refractivity contribution is 5.87. The molecule has 0 aliphatic heterocycles. The maximum atomic E-state index is 11.2. The summed E-state index contributed by atoms with van der Waals surface area (Å²) in [6.07, 6.45) is 2.82. The van der Waals surface area contributed by atoms with Crippen LogP contribution in [0.5, 0.6) is 0 Å². The summed E-state index contributed by atoms with van der Waals surface area (Å²) in [5, 5.41) is 17.1. The largest absolute Gasteiger partial charge is 0.478 e. The number of aryl methyl sites for hydroxylation is 1. The van der Waals surface area contributed by atoms with Crippen LogP contribution in [0.2, 0.25) is 0 Å². The van der Waals surface area contributed by atoms with Crippen molar-refractivity contribution in [2.24, 2.45) is 0 Å². The number of aliphatic carboxylic acids is 1. The summed E-state index contributed by atoms with van der Waals surface area (Å²) in [6.45, 7) is 16.1. The Labute approximate surface area is 256 Å². The number of nitrogens with zero attached hydrogens (tertiary/aromatic N) is 1. The zero-order chi connectivity index (χ0) is 33.0. The Bertz CT molecular complexity index is 960. The summed E-state index contributed by atoms with van der Waals surface area (Å²) in [6, 6.07) is 10.0. The number of carbonyl (C=O) groups excluding carboxylic acids is 2. The van der Waals surface area contributed by atoms with Crippen molar-refractivity contribution in [3.63, 3.8) is 0 Å². The molecule has 0 saturated heterocycles. The van der Waals surface area contributed by atoms with Crippen LogP contribution < -0.4 is 0 Å². The van der Waals surface area contributed by atoms with Crippen molar-refractivity contribution in [3.8, 4) is 0 Å². The number of hydrogen-bond acceptors (Lipinski definition) is 10. The number of carboxylic acids is 1. The van der Waals surface area contributed by atoms with Crippen LogP contribution in [0.1, 0.15) is 39.7 Å². The van der Waals surface area contributed by atoms with Crippen LogP contribution >= 0.6 is 0 Å². The molecule has 0 aliphatic rings. The lowest BCUT2D eigenvalue weighted by Gasteiger charge is -2.17. The molecule has 11 nitrogen and oxygen atoms in total. The minimum Gasteiger partial charge on any atom is -0.478 e. The standard InChI is InChI=1S/C12H22O6.C12H14O2.C8H15NO2/c1-4-16-11(9-18-12(14)10(2)3)17-8-7-15-6-5-13;1-10(12(13)14)6-5-9-11-7-3-2-4-8-11;1-7(2)8(10)11-6-5-9(3)4/h11,13H,2,4-9H2,1,3H3;2-4,6-8H,5,9H2,1H3,(H,13,14);1,5-6H2,2-4H3. The van der Waals surface area contributed by atoms with Crippen LogP contribution in [0.4, 0.5) is 0 Å². The van der Waals surface area contributed by atoms with Gasteiger partial charge in [-0.3, -0.25) is 0 Å². The van der Waals surface area contributed by atoms with Crippen molar-refractivity contribution in [1.82, 2.24) is 4.90 Å². The number of aliphatic hydroxyl groups excluding tert-OH is 1. The van der Waals surface area contributed by atoms with Crippen molar-refractivity contribution in [2.45, 2.75) is 46.8 Å². The minimum absolute atomic E-state index is 0.0134. The fourth-order valence-electron chi connectivity index (χ4n) is 2.63. The highest BCUT2D eigenvalue weighted by Crippen LogP contribution is 2.05. The summed E-state index contributed by atoms with van der Waals surface area (Å²) >= 11 is 0. The normalized spacial score (nSPS) is 11.3. The van der Waals surface area contributed by atoms with Gasteiger partial charge >= 0.3 is 17.9 Å². The summed E-state index contributed by atoms with van der Waals surface area (Å²) in [5.74, 6) is -1.62. The molecule has 0 fully saturated rings. The van der Waals surface area contributed by atoms with E-state index in [1.807, 2.05) is 56.3 Å². The number of esters is 2. The average Bonchev–Trinajstić information content (AvgIpc) is 2.96. The first-order chi connectivity index (χ1) is 20.3. The van der Waals surface area contributed by atoms with Crippen molar-refractivity contribution in [3.05, 3.63) is 71.8 Å². The number of ether oxygens (including phenoxy) is 5. The second kappa shape index (κ2) is 27.5. The van der Waals surface area contributed by atoms with E-state index in [-0.39, 0.29) is 25.8 Å². The quantitative estimate of drug-likeness (QED) is 0.102. The van der Waals surface area contributed by atoms with Gasteiger partial charge in [-0.2, -0.15) is 0 Å². The second-order valence-electron chi connectivity index (χ2n) is 9.41. The Balaban J connectivity index is 0. The molecule has 244 valence electrons. The SMILES string of the molecule is C=C(C)C(=O)OCC(OCC)OCCOCCO.C=C(C)C(=O)OCCN(C)C.CC(=CCCc1ccccc1)C(=O)O. The Kier molecular flexibility index (Phi) is 26.7. The third-order valence-electron chi connectivity index (χ3n) is 5.00. The lowest BCUT2D eigenvalue weighted by molar-refractivity contribution is -0.182. The topological polar surface area (TPSA) is 141 Å². The molecular formula is C32H51NO10. The van der Waals surface area contributed by atoms with Crippen LogP contribution in [0, 0.1) is 0 Å². The fraction of sp³-hybridized carbons (Fsp3) is 0.531. The van der Waals surface area contributed by atoms with Gasteiger partial charge in [-0.15, -0.1) is 0 Å². The molecule has 1 unspecified atom stereocenters. The molecule has 1 aromatic carbocycles. The zero-order valence-corrected chi connectivity index (χ0v) is 26.6. The molecule has 0 aliphatic carbocycles. The van der Waals surface area contributed by atoms with Crippen molar-refractivity contribution in [2.75, 3.05) is 66.9 Å². The first-order valence-electron chi connectivity index (χ1n) is 14.0. The number of rotatable bonds is 19. The van der Waals surface area contributed by atoms with Crippen LogP contribution in [0.25, 0.3) is 0 Å². The highest BCUT2D eigenvalue weighted by Gasteiger charge is 2.12. The van der Waals surface area contributed by atoms with E-state index in [0.29, 0.717) is 43.1 Å². The second-order valence-corrected chi connectivity index (χ2v) is 9.41. The van der Waals surface area contributed by atoms with Gasteiger partial charge in [0.2, 0.25) is 0 Å². The number of likely N-dealkylation sites (N-methyl/N-ethyl adjacent to an activating group) is 1. The van der Waals surface area contributed by atoms with E-state index < -0.39 is 18.2 Å². The number of carbonyl (C=O) groups is 3. The zero-order valence-electron chi connectivity index (χ0n) is 26.6. The Morgan fingerprint density at radius 1 is 0.907 bits per heavy atom. The smallest absolute Gasteiger partial charge is 0.333 e. The molecule has 0 heterocycles. The minimum atomic E-state index is -0.835. The van der Waals surface area contributed by atoms with E-state index >= 15 is 0 Å². The van der Waals surface area contributed by atoms with Gasteiger partial charge in [-0.05, 0) is 60.2 Å². The molecular weight excluding hydrogens is 558 g/mol. The summed E-state index contributed by atoms with van der Waals surface area (Å²) in [7, 11) is 3.85. The van der Waals surface area contributed by atoms with Gasteiger partial charge in [0.1, 0.15) is 13.2 Å². The lowest BCUT2D eigenvalue weighted by Crippen LogP contribution is -2.27. The van der Waals surface area contributed by atoms with Gasteiger partial charge in [0, 0.05) is 29.9 Å². The van der Waals surface area contributed by atoms with Gasteiger partial charge in [0.05, 0.1) is 26.4 Å². The maximum Gasteiger partial charge on any atom is 0.333 e. The molecule has 2 N–H and O–H groups in total. The van der Waals surface area contributed by atoms with E-state index in [1.165, 1.54) is 5.56 Å². The van der Waals surface area contributed by atoms with E-state index in [1.54, 1.807) is 26.8 Å². The van der Waals surface area contributed by atoms with Gasteiger partial charge in [0.25, 0.3) is 0 Å². The molecule has 1 atom stereocenters. The predicted octanol–water partition coefficient (Wildman–Crippen LogP) is 3.81. The molecule has 1 rings (SSSR count). The number of allylic oxidation sites excluding steroid dienone is 1. The number of aliphatic hydroxyl groups is 1. The van der Waals surface area contributed by atoms with Crippen LogP contribution in [0.15, 0.2) is 66.3 Å². The Morgan fingerprint density at radius 3 is 2.02 bits per heavy atom. The number of benzene rings is 1. The van der Waals surface area contributed by atoms with Gasteiger partial charge in [-0.1, -0.05) is 49.6 Å². The summed E-state index contributed by atoms with van der Waals surface area (Å²) < 4.78 is 25.4. The van der Waals surface area contributed by atoms with Crippen LogP contribution in [0.3, 0.4) is 0 Å². The van der Waals surface area contributed by atoms with Gasteiger partial charge < -0.3 is 38.8 Å². The molecule has 0 saturated carbocycles. The lowest BCUT2D eigenvalue weighted by atomic mass is 10.1. The van der Waals surface area contributed by atoms with E-state index in [2.05, 4.69) is 13.2 Å². The van der Waals surface area contributed by atoms with E-state index in [4.69, 9.17) is 33.9 Å². The summed E-state index contributed by atoms with van der Waals surface area (Å²) in [4.78, 5) is 34.4. The molecule has 0 spiro atoms. The van der Waals surface area contributed by atoms with E-state index in [0.717, 1.165) is 19.4 Å². The molecule has 0 bridgehead atoms. The molecule has 1 aromatic rings. The average molecular weight is 610 g/mol. The van der Waals surface area contributed by atoms with Crippen LogP contribution in [-0.2, 0) is 44.5 Å². The molecule has 0 amide bonds. The van der Waals surface area contributed by atoms with Crippen molar-refractivity contribution < 1.29 is 48.3 Å². The Hall–Kier alpha value is -3.35.